The monoisotopic (exact) mass is 319 g/mol. The molecular weight excluding hydrogens is 302 g/mol. The number of rotatable bonds is 2. The van der Waals surface area contributed by atoms with E-state index in [4.69, 9.17) is 9.68 Å². The zero-order valence-corrected chi connectivity index (χ0v) is 13.4. The number of piperazine rings is 1. The lowest BCUT2D eigenvalue weighted by atomic mass is 10.2. The fraction of sp³-hybridized carbons (Fsp3) is 0.278. The Balaban J connectivity index is 1.49. The molecule has 0 radical (unpaired) electrons. The first-order valence-electron chi connectivity index (χ1n) is 7.97. The van der Waals surface area contributed by atoms with Gasteiger partial charge in [-0.25, -0.2) is 4.98 Å². The highest BCUT2D eigenvalue weighted by molar-refractivity contribution is 5.75. The number of aromatic nitrogens is 2. The first-order valence-corrected chi connectivity index (χ1v) is 7.97. The number of nitriles is 1. The van der Waals surface area contributed by atoms with Gasteiger partial charge in [-0.1, -0.05) is 12.1 Å². The molecule has 120 valence electrons. The van der Waals surface area contributed by atoms with Crippen LogP contribution < -0.4 is 9.80 Å². The zero-order valence-electron chi connectivity index (χ0n) is 13.4. The Hall–Kier alpha value is -3.07. The van der Waals surface area contributed by atoms with E-state index in [1.165, 1.54) is 5.56 Å². The Kier molecular flexibility index (Phi) is 3.54. The maximum Gasteiger partial charge on any atom is 0.298 e. The summed E-state index contributed by atoms with van der Waals surface area (Å²) >= 11 is 0. The standard InChI is InChI=1S/C18H17N5O/c1-13-5-6-16-15(11-13)21-18(24-16)23-9-7-22(8-10-23)17-4-2-3-14(12-19)20-17/h2-6,11H,7-10H2,1H3. The van der Waals surface area contributed by atoms with Crippen molar-refractivity contribution in [2.24, 2.45) is 0 Å². The average molecular weight is 319 g/mol. The van der Waals surface area contributed by atoms with Crippen LogP contribution in [0.2, 0.25) is 0 Å². The van der Waals surface area contributed by atoms with Crippen molar-refractivity contribution in [3.8, 4) is 6.07 Å². The van der Waals surface area contributed by atoms with E-state index in [0.29, 0.717) is 11.7 Å². The number of aryl methyl sites for hydroxylation is 1. The lowest BCUT2D eigenvalue weighted by molar-refractivity contribution is 0.540. The maximum absolute atomic E-state index is 8.98. The SMILES string of the molecule is Cc1ccc2oc(N3CCN(c4cccc(C#N)n4)CC3)nc2c1. The summed E-state index contributed by atoms with van der Waals surface area (Å²) in [5.74, 6) is 0.849. The van der Waals surface area contributed by atoms with Crippen molar-refractivity contribution in [3.05, 3.63) is 47.7 Å². The fourth-order valence-electron chi connectivity index (χ4n) is 2.95. The van der Waals surface area contributed by atoms with Crippen LogP contribution in [0, 0.1) is 18.3 Å². The average Bonchev–Trinajstić information content (AvgIpc) is 3.05. The Labute approximate surface area is 139 Å². The van der Waals surface area contributed by atoms with E-state index < -0.39 is 0 Å². The number of anilines is 2. The molecule has 0 bridgehead atoms. The van der Waals surface area contributed by atoms with Crippen molar-refractivity contribution < 1.29 is 4.42 Å². The normalized spacial score (nSPS) is 14.8. The molecule has 6 nitrogen and oxygen atoms in total. The second kappa shape index (κ2) is 5.85. The minimum Gasteiger partial charge on any atom is -0.423 e. The molecule has 0 N–H and O–H groups in total. The summed E-state index contributed by atoms with van der Waals surface area (Å²) in [5, 5.41) is 8.98. The number of pyridine rings is 1. The maximum atomic E-state index is 8.98. The van der Waals surface area contributed by atoms with Crippen LogP contribution in [0.15, 0.2) is 40.8 Å². The van der Waals surface area contributed by atoms with Gasteiger partial charge in [-0.15, -0.1) is 0 Å². The number of nitrogens with zero attached hydrogens (tertiary/aromatic N) is 5. The topological polar surface area (TPSA) is 69.2 Å². The largest absolute Gasteiger partial charge is 0.423 e. The van der Waals surface area contributed by atoms with E-state index in [-0.39, 0.29) is 0 Å². The van der Waals surface area contributed by atoms with Gasteiger partial charge < -0.3 is 14.2 Å². The van der Waals surface area contributed by atoms with E-state index in [1.54, 1.807) is 6.07 Å². The van der Waals surface area contributed by atoms with E-state index >= 15 is 0 Å². The molecule has 1 aromatic carbocycles. The summed E-state index contributed by atoms with van der Waals surface area (Å²) in [6.07, 6.45) is 0. The molecule has 0 amide bonds. The Morgan fingerprint density at radius 3 is 2.62 bits per heavy atom. The molecule has 3 heterocycles. The van der Waals surface area contributed by atoms with Crippen LogP contribution in [0.1, 0.15) is 11.3 Å². The van der Waals surface area contributed by atoms with Crippen molar-refractivity contribution in [3.63, 3.8) is 0 Å². The van der Waals surface area contributed by atoms with E-state index in [1.807, 2.05) is 30.3 Å². The Bertz CT molecular complexity index is 919. The summed E-state index contributed by atoms with van der Waals surface area (Å²) in [6.45, 7) is 5.31. The van der Waals surface area contributed by atoms with Crippen LogP contribution in [0.5, 0.6) is 0 Å². The van der Waals surface area contributed by atoms with Crippen molar-refractivity contribution >= 4 is 22.9 Å². The van der Waals surface area contributed by atoms with Crippen LogP contribution in [0.25, 0.3) is 11.1 Å². The Morgan fingerprint density at radius 2 is 1.83 bits per heavy atom. The van der Waals surface area contributed by atoms with Gasteiger partial charge >= 0.3 is 0 Å². The molecule has 24 heavy (non-hydrogen) atoms. The van der Waals surface area contributed by atoms with Gasteiger partial charge in [0.25, 0.3) is 6.01 Å². The minimum atomic E-state index is 0.448. The molecule has 6 heteroatoms. The highest BCUT2D eigenvalue weighted by Gasteiger charge is 2.22. The molecule has 2 aromatic heterocycles. The predicted octanol–water partition coefficient (Wildman–Crippen LogP) is 2.73. The molecule has 0 unspecified atom stereocenters. The summed E-state index contributed by atoms with van der Waals surface area (Å²) < 4.78 is 5.88. The third kappa shape index (κ3) is 2.65. The lowest BCUT2D eigenvalue weighted by Crippen LogP contribution is -2.47. The molecular formula is C18H17N5O. The van der Waals surface area contributed by atoms with Crippen LogP contribution in [-0.4, -0.2) is 36.1 Å². The van der Waals surface area contributed by atoms with Crippen molar-refractivity contribution in [2.45, 2.75) is 6.92 Å². The quantitative estimate of drug-likeness (QED) is 0.723. The van der Waals surface area contributed by atoms with E-state index in [2.05, 4.69) is 32.8 Å². The number of oxazole rings is 1. The van der Waals surface area contributed by atoms with Crippen molar-refractivity contribution in [2.75, 3.05) is 36.0 Å². The van der Waals surface area contributed by atoms with Gasteiger partial charge in [-0.05, 0) is 36.8 Å². The zero-order chi connectivity index (χ0) is 16.5. The predicted molar refractivity (Wildman–Crippen MR) is 92.1 cm³/mol. The molecule has 0 atom stereocenters. The molecule has 1 saturated heterocycles. The number of hydrogen-bond donors (Lipinski definition) is 0. The van der Waals surface area contributed by atoms with E-state index in [0.717, 1.165) is 43.1 Å². The van der Waals surface area contributed by atoms with E-state index in [9.17, 15) is 0 Å². The van der Waals surface area contributed by atoms with Crippen molar-refractivity contribution in [1.82, 2.24) is 9.97 Å². The highest BCUT2D eigenvalue weighted by atomic mass is 16.4. The van der Waals surface area contributed by atoms with Crippen LogP contribution in [-0.2, 0) is 0 Å². The number of fused-ring (bicyclic) bond motifs is 1. The molecule has 1 aliphatic heterocycles. The summed E-state index contributed by atoms with van der Waals surface area (Å²) in [6, 6.07) is 14.3. The third-order valence-electron chi connectivity index (χ3n) is 4.25. The molecule has 0 aliphatic carbocycles. The second-order valence-electron chi connectivity index (χ2n) is 5.93. The number of benzene rings is 1. The molecule has 0 spiro atoms. The second-order valence-corrected chi connectivity index (χ2v) is 5.93. The molecule has 0 saturated carbocycles. The van der Waals surface area contributed by atoms with Crippen LogP contribution >= 0.6 is 0 Å². The fourth-order valence-corrected chi connectivity index (χ4v) is 2.95. The minimum absolute atomic E-state index is 0.448. The van der Waals surface area contributed by atoms with Gasteiger partial charge in [-0.3, -0.25) is 0 Å². The summed E-state index contributed by atoms with van der Waals surface area (Å²) in [4.78, 5) is 13.3. The lowest BCUT2D eigenvalue weighted by Gasteiger charge is -2.34. The smallest absolute Gasteiger partial charge is 0.298 e. The van der Waals surface area contributed by atoms with Gasteiger partial charge in [0.05, 0.1) is 0 Å². The molecule has 1 fully saturated rings. The summed E-state index contributed by atoms with van der Waals surface area (Å²) in [5.41, 5.74) is 3.34. The van der Waals surface area contributed by atoms with Gasteiger partial charge in [-0.2, -0.15) is 10.2 Å². The third-order valence-corrected chi connectivity index (χ3v) is 4.25. The first-order chi connectivity index (χ1) is 11.7. The molecule has 3 aromatic rings. The van der Waals surface area contributed by atoms with Gasteiger partial charge in [0.2, 0.25) is 0 Å². The first kappa shape index (κ1) is 14.5. The number of hydrogen-bond acceptors (Lipinski definition) is 6. The Morgan fingerprint density at radius 1 is 1.04 bits per heavy atom. The van der Waals surface area contributed by atoms with Crippen LogP contribution in [0.3, 0.4) is 0 Å². The van der Waals surface area contributed by atoms with Crippen LogP contribution in [0.4, 0.5) is 11.8 Å². The summed E-state index contributed by atoms with van der Waals surface area (Å²) in [7, 11) is 0. The van der Waals surface area contributed by atoms with Gasteiger partial charge in [0.1, 0.15) is 23.1 Å². The van der Waals surface area contributed by atoms with Gasteiger partial charge in [0, 0.05) is 26.2 Å². The molecule has 1 aliphatic rings. The highest BCUT2D eigenvalue weighted by Crippen LogP contribution is 2.24. The van der Waals surface area contributed by atoms with Crippen molar-refractivity contribution in [1.29, 1.82) is 5.26 Å². The molecule has 4 rings (SSSR count). The van der Waals surface area contributed by atoms with Gasteiger partial charge in [0.15, 0.2) is 5.58 Å².